The molecule has 1 aliphatic heterocycles. The molecule has 1 heterocycles. The fraction of sp³-hybridized carbons (Fsp3) is 0.148. The molecule has 34 heavy (non-hydrogen) atoms. The summed E-state index contributed by atoms with van der Waals surface area (Å²) in [6, 6.07) is 17.3. The minimum absolute atomic E-state index is 0.150. The van der Waals surface area contributed by atoms with Gasteiger partial charge in [-0.3, -0.25) is 14.9 Å². The number of rotatable bonds is 5. The first-order chi connectivity index (χ1) is 16.2. The zero-order chi connectivity index (χ0) is 24.4. The molecule has 3 aromatic carbocycles. The van der Waals surface area contributed by atoms with Gasteiger partial charge in [0.25, 0.3) is 11.8 Å². The highest BCUT2D eigenvalue weighted by molar-refractivity contribution is 6.39. The van der Waals surface area contributed by atoms with Gasteiger partial charge in [0, 0.05) is 5.02 Å². The molecule has 0 atom stereocenters. The minimum Gasteiger partial charge on any atom is -0.489 e. The van der Waals surface area contributed by atoms with E-state index in [4.69, 9.17) is 16.3 Å². The number of carbonyl (C=O) groups excluding carboxylic acids is 3. The second-order valence-electron chi connectivity index (χ2n) is 8.16. The monoisotopic (exact) mass is 474 g/mol. The molecule has 0 aliphatic carbocycles. The summed E-state index contributed by atoms with van der Waals surface area (Å²) in [6.45, 7) is 6.31. The Morgan fingerprint density at radius 1 is 0.882 bits per heavy atom. The number of hydrogen-bond donors (Lipinski definition) is 1. The Hall–Kier alpha value is -3.90. The number of nitrogens with one attached hydrogen (secondary N) is 1. The molecule has 172 valence electrons. The number of urea groups is 1. The van der Waals surface area contributed by atoms with Crippen LogP contribution in [0.15, 0.2) is 66.2 Å². The van der Waals surface area contributed by atoms with Gasteiger partial charge in [0.05, 0.1) is 5.69 Å². The number of halogens is 1. The molecule has 7 heteroatoms. The van der Waals surface area contributed by atoms with Crippen LogP contribution in [-0.4, -0.2) is 17.8 Å². The number of imide groups is 2. The number of carbonyl (C=O) groups is 3. The molecular formula is C27H23ClN2O4. The highest BCUT2D eigenvalue weighted by Crippen LogP contribution is 2.28. The molecule has 4 rings (SSSR count). The van der Waals surface area contributed by atoms with Crippen molar-refractivity contribution in [1.29, 1.82) is 0 Å². The molecule has 3 aromatic rings. The average molecular weight is 475 g/mol. The third-order valence-electron chi connectivity index (χ3n) is 5.68. The van der Waals surface area contributed by atoms with Gasteiger partial charge in [0.15, 0.2) is 0 Å². The number of ether oxygens (including phenoxy) is 1. The molecule has 4 amide bonds. The number of aryl methyl sites for hydroxylation is 3. The van der Waals surface area contributed by atoms with Gasteiger partial charge in [0.1, 0.15) is 17.9 Å². The summed E-state index contributed by atoms with van der Waals surface area (Å²) < 4.78 is 5.86. The van der Waals surface area contributed by atoms with Crippen molar-refractivity contribution >= 4 is 41.2 Å². The van der Waals surface area contributed by atoms with E-state index < -0.39 is 17.8 Å². The Labute approximate surface area is 202 Å². The van der Waals surface area contributed by atoms with Gasteiger partial charge in [-0.2, -0.15) is 0 Å². The lowest BCUT2D eigenvalue weighted by Crippen LogP contribution is -2.54. The Morgan fingerprint density at radius 2 is 1.59 bits per heavy atom. The Bertz CT molecular complexity index is 1330. The molecular weight excluding hydrogens is 452 g/mol. The molecule has 1 saturated heterocycles. The molecule has 6 nitrogen and oxygen atoms in total. The summed E-state index contributed by atoms with van der Waals surface area (Å²) in [4.78, 5) is 38.9. The lowest BCUT2D eigenvalue weighted by molar-refractivity contribution is -0.122. The van der Waals surface area contributed by atoms with Crippen LogP contribution in [0.3, 0.4) is 0 Å². The normalized spacial score (nSPS) is 15.0. The Balaban J connectivity index is 1.53. The number of barbiturate groups is 1. The molecule has 0 spiro atoms. The smallest absolute Gasteiger partial charge is 0.335 e. The van der Waals surface area contributed by atoms with E-state index in [-0.39, 0.29) is 5.57 Å². The molecule has 1 N–H and O–H groups in total. The van der Waals surface area contributed by atoms with Crippen LogP contribution in [0.2, 0.25) is 5.02 Å². The van der Waals surface area contributed by atoms with E-state index in [1.54, 1.807) is 43.3 Å². The maximum atomic E-state index is 13.1. The Morgan fingerprint density at radius 3 is 2.29 bits per heavy atom. The van der Waals surface area contributed by atoms with Crippen molar-refractivity contribution in [2.24, 2.45) is 0 Å². The van der Waals surface area contributed by atoms with Crippen LogP contribution in [0.5, 0.6) is 5.75 Å². The summed E-state index contributed by atoms with van der Waals surface area (Å²) >= 11 is 6.06. The molecule has 0 aromatic heterocycles. The second-order valence-corrected chi connectivity index (χ2v) is 8.60. The van der Waals surface area contributed by atoms with Crippen molar-refractivity contribution in [2.45, 2.75) is 27.4 Å². The topological polar surface area (TPSA) is 75.7 Å². The van der Waals surface area contributed by atoms with Crippen molar-refractivity contribution in [3.8, 4) is 5.75 Å². The summed E-state index contributed by atoms with van der Waals surface area (Å²) in [5.41, 5.74) is 4.97. The van der Waals surface area contributed by atoms with Crippen molar-refractivity contribution in [2.75, 3.05) is 4.90 Å². The number of nitrogens with zero attached hydrogens (tertiary/aromatic N) is 1. The maximum Gasteiger partial charge on any atom is 0.335 e. The first-order valence-electron chi connectivity index (χ1n) is 10.7. The van der Waals surface area contributed by atoms with Crippen LogP contribution >= 0.6 is 11.6 Å². The summed E-state index contributed by atoms with van der Waals surface area (Å²) in [5.74, 6) is -0.804. The van der Waals surface area contributed by atoms with Gasteiger partial charge >= 0.3 is 6.03 Å². The van der Waals surface area contributed by atoms with E-state index in [2.05, 4.69) is 31.3 Å². The maximum absolute atomic E-state index is 13.1. The fourth-order valence-electron chi connectivity index (χ4n) is 3.59. The number of benzene rings is 3. The second kappa shape index (κ2) is 9.53. The van der Waals surface area contributed by atoms with Gasteiger partial charge in [0.2, 0.25) is 0 Å². The largest absolute Gasteiger partial charge is 0.489 e. The van der Waals surface area contributed by atoms with Crippen LogP contribution in [0.25, 0.3) is 6.08 Å². The van der Waals surface area contributed by atoms with Gasteiger partial charge in [-0.1, -0.05) is 48.0 Å². The van der Waals surface area contributed by atoms with E-state index in [0.717, 1.165) is 10.5 Å². The lowest BCUT2D eigenvalue weighted by Gasteiger charge is -2.27. The molecule has 1 aliphatic rings. The van der Waals surface area contributed by atoms with Crippen molar-refractivity contribution < 1.29 is 19.1 Å². The molecule has 1 fully saturated rings. The van der Waals surface area contributed by atoms with Crippen LogP contribution < -0.4 is 15.0 Å². The summed E-state index contributed by atoms with van der Waals surface area (Å²) in [7, 11) is 0. The summed E-state index contributed by atoms with van der Waals surface area (Å²) in [6.07, 6.45) is 1.45. The van der Waals surface area contributed by atoms with Gasteiger partial charge in [-0.05, 0) is 78.9 Å². The Kier molecular flexibility index (Phi) is 6.52. The summed E-state index contributed by atoms with van der Waals surface area (Å²) in [5, 5.41) is 2.60. The first-order valence-corrected chi connectivity index (χ1v) is 11.1. The predicted octanol–water partition coefficient (Wildman–Crippen LogP) is 5.51. The quantitative estimate of drug-likeness (QED) is 0.390. The van der Waals surface area contributed by atoms with Crippen molar-refractivity contribution in [3.05, 3.63) is 99.1 Å². The zero-order valence-corrected chi connectivity index (χ0v) is 19.8. The molecule has 0 radical (unpaired) electrons. The standard InChI is InChI=1S/C27H23ClN2O4/c1-16-4-6-20(12-18(16)3)15-34-22-10-7-19(8-11-22)13-23-25(31)29-27(33)30(26(23)32)24-14-21(28)9-5-17(24)2/h4-14H,15H2,1-3H3,(H,29,31,33)/b23-13+. The van der Waals surface area contributed by atoms with Gasteiger partial charge in [-0.15, -0.1) is 0 Å². The van der Waals surface area contributed by atoms with Gasteiger partial charge < -0.3 is 4.74 Å². The lowest BCUT2D eigenvalue weighted by atomic mass is 10.1. The van der Waals surface area contributed by atoms with Crippen LogP contribution in [-0.2, 0) is 16.2 Å². The molecule has 0 unspecified atom stereocenters. The minimum atomic E-state index is -0.812. The molecule has 0 saturated carbocycles. The fourth-order valence-corrected chi connectivity index (χ4v) is 3.75. The average Bonchev–Trinajstić information content (AvgIpc) is 2.80. The number of amides is 4. The zero-order valence-electron chi connectivity index (χ0n) is 19.0. The SMILES string of the molecule is Cc1ccc(COc2ccc(/C=C3\C(=O)NC(=O)N(c4cc(Cl)ccc4C)C3=O)cc2)cc1C. The molecule has 0 bridgehead atoms. The van der Waals surface area contributed by atoms with Crippen LogP contribution in [0.4, 0.5) is 10.5 Å². The number of anilines is 1. The van der Waals surface area contributed by atoms with E-state index >= 15 is 0 Å². The van der Waals surface area contributed by atoms with Crippen molar-refractivity contribution in [3.63, 3.8) is 0 Å². The third-order valence-corrected chi connectivity index (χ3v) is 5.92. The third kappa shape index (κ3) is 4.87. The van der Waals surface area contributed by atoms with E-state index in [1.165, 1.54) is 23.3 Å². The van der Waals surface area contributed by atoms with Gasteiger partial charge in [-0.25, -0.2) is 9.69 Å². The van der Waals surface area contributed by atoms with E-state index in [9.17, 15) is 14.4 Å². The van der Waals surface area contributed by atoms with Crippen molar-refractivity contribution in [1.82, 2.24) is 5.32 Å². The van der Waals surface area contributed by atoms with E-state index in [1.807, 2.05) is 6.07 Å². The van der Waals surface area contributed by atoms with E-state index in [0.29, 0.717) is 34.2 Å². The highest BCUT2D eigenvalue weighted by atomic mass is 35.5. The highest BCUT2D eigenvalue weighted by Gasteiger charge is 2.37. The first kappa shape index (κ1) is 23.3. The number of hydrogen-bond acceptors (Lipinski definition) is 4. The van der Waals surface area contributed by atoms with Crippen LogP contribution in [0.1, 0.15) is 27.8 Å². The predicted molar refractivity (Wildman–Crippen MR) is 132 cm³/mol. The van der Waals surface area contributed by atoms with Crippen LogP contribution in [0, 0.1) is 20.8 Å².